The molecule has 18 heavy (non-hydrogen) atoms. The number of carbonyl (C=O) groups is 1. The van der Waals surface area contributed by atoms with Crippen LogP contribution >= 0.6 is 0 Å². The molecule has 0 fully saturated rings. The van der Waals surface area contributed by atoms with Crippen molar-refractivity contribution in [3.05, 3.63) is 0 Å². The van der Waals surface area contributed by atoms with E-state index in [0.29, 0.717) is 11.8 Å². The maximum Gasteiger partial charge on any atom is 0.304 e. The third-order valence-corrected chi connectivity index (χ3v) is 3.39. The van der Waals surface area contributed by atoms with E-state index in [1.165, 1.54) is 0 Å². The molecule has 3 nitrogen and oxygen atoms in total. The maximum atomic E-state index is 10.9. The zero-order valence-corrected chi connectivity index (χ0v) is 12.8. The molecule has 0 bridgehead atoms. The molecule has 0 saturated carbocycles. The van der Waals surface area contributed by atoms with Crippen molar-refractivity contribution in [2.75, 3.05) is 13.1 Å². The molecule has 1 unspecified atom stereocenters. The molecule has 0 aromatic carbocycles. The van der Waals surface area contributed by atoms with Gasteiger partial charge in [0.25, 0.3) is 0 Å². The number of rotatable bonds is 10. The molecule has 0 rings (SSSR count). The molecule has 0 aromatic heterocycles. The first-order valence-corrected chi connectivity index (χ1v) is 7.32. The fourth-order valence-electron chi connectivity index (χ4n) is 2.06. The van der Waals surface area contributed by atoms with E-state index in [4.69, 9.17) is 5.11 Å². The first-order chi connectivity index (χ1) is 8.36. The Balaban J connectivity index is 4.42. The zero-order chi connectivity index (χ0) is 14.1. The van der Waals surface area contributed by atoms with Crippen LogP contribution < -0.4 is 0 Å². The maximum absolute atomic E-state index is 10.9. The van der Waals surface area contributed by atoms with Crippen LogP contribution in [0.3, 0.4) is 0 Å². The van der Waals surface area contributed by atoms with E-state index in [1.807, 2.05) is 0 Å². The van der Waals surface area contributed by atoms with Crippen molar-refractivity contribution in [2.24, 2.45) is 11.8 Å². The van der Waals surface area contributed by atoms with Crippen LogP contribution in [0.1, 0.15) is 60.3 Å². The van der Waals surface area contributed by atoms with Crippen molar-refractivity contribution < 1.29 is 9.90 Å². The van der Waals surface area contributed by atoms with E-state index in [2.05, 4.69) is 39.5 Å². The van der Waals surface area contributed by atoms with E-state index in [0.717, 1.165) is 32.4 Å². The smallest absolute Gasteiger partial charge is 0.304 e. The Morgan fingerprint density at radius 3 is 1.78 bits per heavy atom. The summed E-state index contributed by atoms with van der Waals surface area (Å²) in [5.74, 6) is 0.670. The molecule has 1 atom stereocenters. The van der Waals surface area contributed by atoms with Crippen molar-refractivity contribution in [1.82, 2.24) is 4.90 Å². The summed E-state index contributed by atoms with van der Waals surface area (Å²) in [7, 11) is 0. The normalized spacial score (nSPS) is 13.6. The second-order valence-corrected chi connectivity index (χ2v) is 6.06. The lowest BCUT2D eigenvalue weighted by Gasteiger charge is -2.31. The minimum atomic E-state index is -0.680. The molecule has 0 saturated heterocycles. The number of hydrogen-bond donors (Lipinski definition) is 1. The Morgan fingerprint density at radius 1 is 1.06 bits per heavy atom. The number of carboxylic acids is 1. The van der Waals surface area contributed by atoms with Gasteiger partial charge >= 0.3 is 5.97 Å². The number of hydrogen-bond acceptors (Lipinski definition) is 2. The Bertz CT molecular complexity index is 215. The van der Waals surface area contributed by atoms with Gasteiger partial charge in [-0.2, -0.15) is 0 Å². The predicted molar refractivity (Wildman–Crippen MR) is 76.8 cm³/mol. The van der Waals surface area contributed by atoms with Crippen molar-refractivity contribution >= 4 is 5.97 Å². The van der Waals surface area contributed by atoms with Gasteiger partial charge in [-0.25, -0.2) is 0 Å². The van der Waals surface area contributed by atoms with E-state index in [9.17, 15) is 4.79 Å². The van der Waals surface area contributed by atoms with Gasteiger partial charge in [0.05, 0.1) is 6.42 Å². The van der Waals surface area contributed by atoms with Gasteiger partial charge in [0.1, 0.15) is 0 Å². The molecule has 0 aromatic rings. The van der Waals surface area contributed by atoms with Crippen molar-refractivity contribution in [2.45, 2.75) is 66.3 Å². The highest BCUT2D eigenvalue weighted by atomic mass is 16.4. The Labute approximate surface area is 113 Å². The van der Waals surface area contributed by atoms with Crippen LogP contribution in [0.15, 0.2) is 0 Å². The van der Waals surface area contributed by atoms with E-state index >= 15 is 0 Å². The van der Waals surface area contributed by atoms with Gasteiger partial charge in [-0.1, -0.05) is 34.6 Å². The first kappa shape index (κ1) is 17.4. The number of carboxylic acid groups (broad SMARTS) is 1. The number of aliphatic carboxylic acids is 1. The molecule has 108 valence electrons. The van der Waals surface area contributed by atoms with Crippen LogP contribution in [-0.2, 0) is 4.79 Å². The molecule has 0 aliphatic rings. The second kappa shape index (κ2) is 9.37. The summed E-state index contributed by atoms with van der Waals surface area (Å²) in [6.45, 7) is 13.0. The summed E-state index contributed by atoms with van der Waals surface area (Å²) < 4.78 is 0. The summed E-state index contributed by atoms with van der Waals surface area (Å²) in [4.78, 5) is 13.3. The molecule has 0 amide bonds. The van der Waals surface area contributed by atoms with Gasteiger partial charge in [-0.15, -0.1) is 0 Å². The summed E-state index contributed by atoms with van der Waals surface area (Å²) in [5, 5.41) is 8.99. The van der Waals surface area contributed by atoms with Crippen LogP contribution in [-0.4, -0.2) is 35.1 Å². The number of nitrogens with zero attached hydrogens (tertiary/aromatic N) is 1. The quantitative estimate of drug-likeness (QED) is 0.649. The first-order valence-electron chi connectivity index (χ1n) is 7.32. The lowest BCUT2D eigenvalue weighted by atomic mass is 10.0. The molecular weight excluding hydrogens is 226 g/mol. The van der Waals surface area contributed by atoms with Crippen molar-refractivity contribution in [1.29, 1.82) is 0 Å². The molecule has 0 aliphatic heterocycles. The minimum Gasteiger partial charge on any atom is -0.481 e. The van der Waals surface area contributed by atoms with E-state index in [1.54, 1.807) is 0 Å². The summed E-state index contributed by atoms with van der Waals surface area (Å²) >= 11 is 0. The molecule has 0 spiro atoms. The predicted octanol–water partition coefficient (Wildman–Crippen LogP) is 3.63. The average molecular weight is 257 g/mol. The highest BCUT2D eigenvalue weighted by Gasteiger charge is 2.19. The highest BCUT2D eigenvalue weighted by Crippen LogP contribution is 2.14. The monoisotopic (exact) mass is 257 g/mol. The zero-order valence-electron chi connectivity index (χ0n) is 12.8. The van der Waals surface area contributed by atoms with Gasteiger partial charge in [-0.3, -0.25) is 9.69 Å². The standard InChI is InChI=1S/C15H31NO2/c1-6-14(11-15(17)18)16(9-7-12(2)3)10-8-13(4)5/h12-14H,6-11H2,1-5H3,(H,17,18). The average Bonchev–Trinajstić information content (AvgIpc) is 2.25. The van der Waals surface area contributed by atoms with Crippen LogP contribution in [0.4, 0.5) is 0 Å². The topological polar surface area (TPSA) is 40.5 Å². The third-order valence-electron chi connectivity index (χ3n) is 3.39. The lowest BCUT2D eigenvalue weighted by Crippen LogP contribution is -2.38. The third kappa shape index (κ3) is 8.51. The fourth-order valence-corrected chi connectivity index (χ4v) is 2.06. The minimum absolute atomic E-state index is 0.194. The van der Waals surface area contributed by atoms with E-state index in [-0.39, 0.29) is 12.5 Å². The van der Waals surface area contributed by atoms with Crippen molar-refractivity contribution in [3.63, 3.8) is 0 Å². The highest BCUT2D eigenvalue weighted by molar-refractivity contribution is 5.67. The van der Waals surface area contributed by atoms with Crippen LogP contribution in [0.2, 0.25) is 0 Å². The Morgan fingerprint density at radius 2 is 1.50 bits per heavy atom. The van der Waals surface area contributed by atoms with Crippen LogP contribution in [0, 0.1) is 11.8 Å². The molecular formula is C15H31NO2. The Kier molecular flexibility index (Phi) is 9.08. The summed E-state index contributed by atoms with van der Waals surface area (Å²) in [5.41, 5.74) is 0. The molecule has 1 N–H and O–H groups in total. The van der Waals surface area contributed by atoms with Crippen LogP contribution in [0.5, 0.6) is 0 Å². The van der Waals surface area contributed by atoms with Crippen LogP contribution in [0.25, 0.3) is 0 Å². The summed E-state index contributed by atoms with van der Waals surface area (Å²) in [6.07, 6.45) is 3.48. The molecule has 0 heterocycles. The second-order valence-electron chi connectivity index (χ2n) is 6.06. The largest absolute Gasteiger partial charge is 0.481 e. The van der Waals surface area contributed by atoms with Gasteiger partial charge in [-0.05, 0) is 44.2 Å². The molecule has 0 radical (unpaired) electrons. The van der Waals surface area contributed by atoms with E-state index < -0.39 is 5.97 Å². The lowest BCUT2D eigenvalue weighted by molar-refractivity contribution is -0.138. The summed E-state index contributed by atoms with van der Waals surface area (Å²) in [6, 6.07) is 0.194. The van der Waals surface area contributed by atoms with Gasteiger partial charge in [0, 0.05) is 6.04 Å². The van der Waals surface area contributed by atoms with Gasteiger partial charge < -0.3 is 5.11 Å². The van der Waals surface area contributed by atoms with Crippen molar-refractivity contribution in [3.8, 4) is 0 Å². The Hall–Kier alpha value is -0.570. The molecule has 3 heteroatoms. The SMILES string of the molecule is CCC(CC(=O)O)N(CCC(C)C)CCC(C)C. The molecule has 0 aliphatic carbocycles. The van der Waals surface area contributed by atoms with Gasteiger partial charge in [0.2, 0.25) is 0 Å². The van der Waals surface area contributed by atoms with Gasteiger partial charge in [0.15, 0.2) is 0 Å². The fraction of sp³-hybridized carbons (Fsp3) is 0.933.